The van der Waals surface area contributed by atoms with Gasteiger partial charge in [0, 0.05) is 15.7 Å². The molecular weight excluding hydrogens is 430 g/mol. The van der Waals surface area contributed by atoms with E-state index in [1.165, 1.54) is 11.4 Å². The number of fused-ring (bicyclic) bond motifs is 5. The zero-order valence-electron chi connectivity index (χ0n) is 12.7. The molecule has 2 aromatic heterocycles. The third-order valence-corrected chi connectivity index (χ3v) is 5.59. The van der Waals surface area contributed by atoms with Crippen LogP contribution in [0.2, 0.25) is 0 Å². The lowest BCUT2D eigenvalue weighted by molar-refractivity contribution is 0.941. The third kappa shape index (κ3) is 2.04. The molecule has 0 amide bonds. The van der Waals surface area contributed by atoms with E-state index in [1.807, 2.05) is 12.1 Å². The average Bonchev–Trinajstić information content (AvgIpc) is 3.09. The minimum absolute atomic E-state index is 0.354. The van der Waals surface area contributed by atoms with Crippen LogP contribution >= 0.6 is 31.9 Å². The molecule has 0 saturated heterocycles. The number of rotatable bonds is 1. The summed E-state index contributed by atoms with van der Waals surface area (Å²) < 4.78 is 5.61. The Kier molecular flexibility index (Phi) is 3.22. The number of allylic oxidation sites excluding steroid dienone is 1. The molecule has 0 saturated carbocycles. The van der Waals surface area contributed by atoms with Crippen molar-refractivity contribution in [2.75, 3.05) is 0 Å². The number of aromatic nitrogens is 3. The minimum atomic E-state index is 0.354. The summed E-state index contributed by atoms with van der Waals surface area (Å²) in [6, 6.07) is 16.7. The fraction of sp³-hybridized carbons (Fsp3) is 0.105. The lowest BCUT2D eigenvalue weighted by atomic mass is 10.1. The van der Waals surface area contributed by atoms with Gasteiger partial charge in [0.05, 0.1) is 28.1 Å². The Morgan fingerprint density at radius 2 is 1.96 bits per heavy atom. The monoisotopic (exact) mass is 441 g/mol. The van der Waals surface area contributed by atoms with Crippen LogP contribution in [0.1, 0.15) is 11.4 Å². The molecule has 118 valence electrons. The van der Waals surface area contributed by atoms with E-state index in [2.05, 4.69) is 89.4 Å². The predicted octanol–water partition coefficient (Wildman–Crippen LogP) is 5.37. The van der Waals surface area contributed by atoms with Crippen LogP contribution in [0.15, 0.2) is 59.1 Å². The summed E-state index contributed by atoms with van der Waals surface area (Å²) in [6.07, 6.45) is 5.35. The summed E-state index contributed by atoms with van der Waals surface area (Å²) in [7, 11) is 0. The van der Waals surface area contributed by atoms with Crippen molar-refractivity contribution >= 4 is 54.7 Å². The average molecular weight is 443 g/mol. The molecule has 1 aliphatic rings. The molecule has 1 unspecified atom stereocenters. The lowest BCUT2D eigenvalue weighted by Gasteiger charge is -2.14. The maximum Gasteiger partial charge on any atom is 0.220 e. The molecule has 1 atom stereocenters. The van der Waals surface area contributed by atoms with Crippen LogP contribution in [0.5, 0.6) is 0 Å². The van der Waals surface area contributed by atoms with Crippen LogP contribution in [-0.2, 0) is 6.42 Å². The molecule has 24 heavy (non-hydrogen) atoms. The number of halogens is 2. The standard InChI is InChI=1S/C19H13Br2N3/c20-12-4-3-5-14(10-12)23-17-9-8-13(21)11-18(17)24-16-7-2-1-6-15(16)22-19(23)24/h1-10,13H,11H2. The minimum Gasteiger partial charge on any atom is -0.280 e. The molecule has 5 rings (SSSR count). The molecule has 4 aromatic rings. The SMILES string of the molecule is Brc1cccc(-n2c3c(n4c5ccccc5nc24)CC(Br)C=C3)c1. The van der Waals surface area contributed by atoms with Crippen LogP contribution in [0.25, 0.3) is 28.6 Å². The number of imidazole rings is 2. The second-order valence-electron chi connectivity index (χ2n) is 5.96. The number of benzene rings is 2. The Morgan fingerprint density at radius 3 is 2.83 bits per heavy atom. The van der Waals surface area contributed by atoms with Gasteiger partial charge in [-0.25, -0.2) is 4.98 Å². The van der Waals surface area contributed by atoms with Crippen molar-refractivity contribution in [3.05, 3.63) is 70.5 Å². The molecule has 2 heterocycles. The van der Waals surface area contributed by atoms with Gasteiger partial charge in [-0.15, -0.1) is 0 Å². The fourth-order valence-electron chi connectivity index (χ4n) is 3.47. The van der Waals surface area contributed by atoms with Crippen molar-refractivity contribution in [2.45, 2.75) is 11.2 Å². The highest BCUT2D eigenvalue weighted by atomic mass is 79.9. The summed E-state index contributed by atoms with van der Waals surface area (Å²) in [5.74, 6) is 0.963. The predicted molar refractivity (Wildman–Crippen MR) is 105 cm³/mol. The first-order valence-electron chi connectivity index (χ1n) is 7.81. The third-order valence-electron chi connectivity index (χ3n) is 4.47. The molecule has 0 bridgehead atoms. The smallest absolute Gasteiger partial charge is 0.220 e. The molecule has 2 aromatic carbocycles. The van der Waals surface area contributed by atoms with Gasteiger partial charge in [0.15, 0.2) is 0 Å². The Bertz CT molecular complexity index is 1120. The summed E-state index contributed by atoms with van der Waals surface area (Å²) >= 11 is 7.32. The summed E-state index contributed by atoms with van der Waals surface area (Å²) in [5, 5.41) is 0. The van der Waals surface area contributed by atoms with E-state index in [-0.39, 0.29) is 0 Å². The molecule has 0 aliphatic heterocycles. The van der Waals surface area contributed by atoms with E-state index in [1.54, 1.807) is 0 Å². The van der Waals surface area contributed by atoms with E-state index in [0.717, 1.165) is 33.4 Å². The number of alkyl halides is 1. The van der Waals surface area contributed by atoms with Crippen molar-refractivity contribution in [3.63, 3.8) is 0 Å². The van der Waals surface area contributed by atoms with Gasteiger partial charge in [0.2, 0.25) is 5.78 Å². The molecule has 5 heteroatoms. The Morgan fingerprint density at radius 1 is 1.08 bits per heavy atom. The van der Waals surface area contributed by atoms with Gasteiger partial charge in [-0.2, -0.15) is 0 Å². The molecule has 0 spiro atoms. The topological polar surface area (TPSA) is 22.2 Å². The molecule has 0 radical (unpaired) electrons. The van der Waals surface area contributed by atoms with Crippen LogP contribution < -0.4 is 0 Å². The van der Waals surface area contributed by atoms with Gasteiger partial charge >= 0.3 is 0 Å². The number of hydrogen-bond donors (Lipinski definition) is 0. The highest BCUT2D eigenvalue weighted by Gasteiger charge is 2.24. The molecule has 0 N–H and O–H groups in total. The van der Waals surface area contributed by atoms with Crippen LogP contribution in [0.3, 0.4) is 0 Å². The zero-order chi connectivity index (χ0) is 16.3. The van der Waals surface area contributed by atoms with Crippen LogP contribution in [0.4, 0.5) is 0 Å². The highest BCUT2D eigenvalue weighted by Crippen LogP contribution is 2.33. The molecule has 1 aliphatic carbocycles. The Labute approximate surface area is 155 Å². The van der Waals surface area contributed by atoms with Crippen LogP contribution in [-0.4, -0.2) is 18.8 Å². The van der Waals surface area contributed by atoms with Gasteiger partial charge in [-0.3, -0.25) is 8.97 Å². The van der Waals surface area contributed by atoms with E-state index >= 15 is 0 Å². The van der Waals surface area contributed by atoms with Gasteiger partial charge in [0.1, 0.15) is 0 Å². The Balaban J connectivity index is 1.95. The quantitative estimate of drug-likeness (QED) is 0.363. The van der Waals surface area contributed by atoms with Gasteiger partial charge < -0.3 is 0 Å². The molecular formula is C19H13Br2N3. The van der Waals surface area contributed by atoms with E-state index in [9.17, 15) is 0 Å². The maximum absolute atomic E-state index is 4.91. The fourth-order valence-corrected chi connectivity index (χ4v) is 4.31. The first-order valence-corrected chi connectivity index (χ1v) is 9.52. The van der Waals surface area contributed by atoms with Gasteiger partial charge in [0.25, 0.3) is 0 Å². The second-order valence-corrected chi connectivity index (χ2v) is 8.05. The number of para-hydroxylation sites is 2. The second kappa shape index (κ2) is 5.33. The van der Waals surface area contributed by atoms with Crippen molar-refractivity contribution in [3.8, 4) is 5.69 Å². The first-order chi connectivity index (χ1) is 11.7. The van der Waals surface area contributed by atoms with Gasteiger partial charge in [-0.1, -0.05) is 56.1 Å². The first kappa shape index (κ1) is 14.5. The highest BCUT2D eigenvalue weighted by molar-refractivity contribution is 9.10. The zero-order valence-corrected chi connectivity index (χ0v) is 15.8. The summed E-state index contributed by atoms with van der Waals surface area (Å²) in [6.45, 7) is 0. The van der Waals surface area contributed by atoms with Crippen molar-refractivity contribution in [1.82, 2.24) is 14.0 Å². The van der Waals surface area contributed by atoms with Crippen LogP contribution in [0, 0.1) is 0 Å². The van der Waals surface area contributed by atoms with E-state index in [0.29, 0.717) is 4.83 Å². The van der Waals surface area contributed by atoms with E-state index < -0.39 is 0 Å². The number of nitrogens with zero attached hydrogens (tertiary/aromatic N) is 3. The largest absolute Gasteiger partial charge is 0.280 e. The lowest BCUT2D eigenvalue weighted by Crippen LogP contribution is -2.08. The molecule has 3 nitrogen and oxygen atoms in total. The van der Waals surface area contributed by atoms with Crippen molar-refractivity contribution in [2.24, 2.45) is 0 Å². The van der Waals surface area contributed by atoms with Crippen molar-refractivity contribution < 1.29 is 0 Å². The molecule has 0 fully saturated rings. The normalized spacial score (nSPS) is 16.8. The van der Waals surface area contributed by atoms with Gasteiger partial charge in [-0.05, 0) is 36.4 Å². The Hall–Kier alpha value is -1.85. The summed E-state index contributed by atoms with van der Waals surface area (Å²) in [5.41, 5.74) is 5.80. The van der Waals surface area contributed by atoms with E-state index in [4.69, 9.17) is 4.98 Å². The summed E-state index contributed by atoms with van der Waals surface area (Å²) in [4.78, 5) is 5.27. The maximum atomic E-state index is 4.91. The number of hydrogen-bond acceptors (Lipinski definition) is 1. The van der Waals surface area contributed by atoms with Crippen molar-refractivity contribution in [1.29, 1.82) is 0 Å².